The number of carboxylic acids is 1. The summed E-state index contributed by atoms with van der Waals surface area (Å²) in [6, 6.07) is -0.317. The Labute approximate surface area is 144 Å². The molecule has 10 heteroatoms. The lowest BCUT2D eigenvalue weighted by Crippen LogP contribution is -2.44. The molecule has 0 radical (unpaired) electrons. The van der Waals surface area contributed by atoms with Crippen LogP contribution >= 0.6 is 0 Å². The lowest BCUT2D eigenvalue weighted by molar-refractivity contribution is -0.142. The maximum absolute atomic E-state index is 11.0. The highest BCUT2D eigenvalue weighted by Crippen LogP contribution is 2.21. The summed E-state index contributed by atoms with van der Waals surface area (Å²) >= 11 is 0. The van der Waals surface area contributed by atoms with Crippen LogP contribution in [0.5, 0.6) is 0 Å². The highest BCUT2D eigenvalue weighted by atomic mass is 16.5. The molecule has 2 rings (SSSR count). The molecule has 2 aliphatic heterocycles. The van der Waals surface area contributed by atoms with Gasteiger partial charge in [-0.1, -0.05) is 0 Å². The fourth-order valence-electron chi connectivity index (χ4n) is 3.35. The summed E-state index contributed by atoms with van der Waals surface area (Å²) in [4.78, 5) is 25.1. The van der Waals surface area contributed by atoms with Crippen LogP contribution in [0, 0.1) is 0 Å². The normalized spacial score (nSPS) is 24.2. The zero-order valence-electron chi connectivity index (χ0n) is 14.7. The Hall–Kier alpha value is -1.09. The van der Waals surface area contributed by atoms with Gasteiger partial charge in [0, 0.05) is 6.04 Å². The quantitative estimate of drug-likeness (QED) is 0.464. The fourth-order valence-corrected chi connectivity index (χ4v) is 3.35. The van der Waals surface area contributed by atoms with Crippen LogP contribution < -0.4 is 0 Å². The molecule has 2 atom stereocenters. The number of carboxylic acid groups (broad SMARTS) is 1. The summed E-state index contributed by atoms with van der Waals surface area (Å²) in [5.74, 6) is -1.03. The van der Waals surface area contributed by atoms with E-state index in [0.717, 1.165) is 25.8 Å². The van der Waals surface area contributed by atoms with Crippen molar-refractivity contribution in [3.63, 3.8) is 0 Å². The van der Waals surface area contributed by atoms with E-state index >= 15 is 0 Å². The van der Waals surface area contributed by atoms with Gasteiger partial charge in [-0.05, 0) is 52.4 Å². The van der Waals surface area contributed by atoms with E-state index in [9.17, 15) is 14.6 Å². The van der Waals surface area contributed by atoms with Crippen LogP contribution in [-0.2, 0) is 14.3 Å². The predicted octanol–water partition coefficient (Wildman–Crippen LogP) is -0.230. The van der Waals surface area contributed by atoms with Crippen LogP contribution in [0.1, 0.15) is 32.1 Å². The van der Waals surface area contributed by atoms with Crippen LogP contribution in [-0.4, -0.2) is 83.1 Å². The number of ether oxygens (including phenoxy) is 1. The molecule has 0 aromatic carbocycles. The van der Waals surface area contributed by atoms with Gasteiger partial charge >= 0.3 is 26.0 Å². The summed E-state index contributed by atoms with van der Waals surface area (Å²) < 4.78 is 4.59. The third kappa shape index (κ3) is 6.08. The van der Waals surface area contributed by atoms with Gasteiger partial charge in [0.2, 0.25) is 0 Å². The lowest BCUT2D eigenvalue weighted by Gasteiger charge is -2.23. The molecule has 2 aliphatic rings. The highest BCUT2D eigenvalue weighted by molar-refractivity contribution is 6.46. The van der Waals surface area contributed by atoms with E-state index < -0.39 is 26.1 Å². The first-order valence-corrected chi connectivity index (χ1v) is 8.45. The van der Waals surface area contributed by atoms with Crippen molar-refractivity contribution in [2.45, 2.75) is 57.8 Å². The second-order valence-corrected chi connectivity index (χ2v) is 6.31. The molecule has 8 nitrogen and oxygen atoms in total. The molecule has 136 valence electrons. The number of methoxy groups -OCH3 is 1. The molecule has 2 saturated heterocycles. The van der Waals surface area contributed by atoms with E-state index in [1.807, 2.05) is 4.81 Å². The van der Waals surface area contributed by atoms with Crippen molar-refractivity contribution in [1.29, 1.82) is 0 Å². The van der Waals surface area contributed by atoms with Crippen LogP contribution in [0.4, 0.5) is 0 Å². The van der Waals surface area contributed by atoms with E-state index in [0.29, 0.717) is 19.4 Å². The number of hydrogen-bond donors (Lipinski definition) is 3. The van der Waals surface area contributed by atoms with Gasteiger partial charge in [-0.3, -0.25) is 9.59 Å². The van der Waals surface area contributed by atoms with E-state index in [1.54, 1.807) is 18.5 Å². The standard InChI is InChI=1S/C8H16BNO3.C6H12BNO3/c1-9(12)10-5-3-4-7(10)6-8(11)13-2;1-7(11)8-4-2-3-5(8)6(9)10/h7,12H,3-6H2,1-2H3;5,11H,2-4H2,1H3,(H,9,10). The molecule has 0 aromatic heterocycles. The summed E-state index contributed by atoms with van der Waals surface area (Å²) in [6.45, 7) is 4.89. The van der Waals surface area contributed by atoms with Crippen molar-refractivity contribution in [2.75, 3.05) is 20.2 Å². The Balaban J connectivity index is 0.000000243. The Morgan fingerprint density at radius 3 is 2.08 bits per heavy atom. The topological polar surface area (TPSA) is 111 Å². The molecule has 0 aliphatic carbocycles. The highest BCUT2D eigenvalue weighted by Gasteiger charge is 2.34. The minimum atomic E-state index is -0.830. The average Bonchev–Trinajstić information content (AvgIpc) is 3.16. The summed E-state index contributed by atoms with van der Waals surface area (Å²) in [7, 11) is 0.292. The first kappa shape index (κ1) is 21.0. The molecule has 2 fully saturated rings. The van der Waals surface area contributed by atoms with E-state index in [1.165, 1.54) is 7.11 Å². The number of carbonyl (C=O) groups is 2. The van der Waals surface area contributed by atoms with Crippen molar-refractivity contribution in [2.24, 2.45) is 0 Å². The molecular weight excluding hydrogens is 314 g/mol. The molecular formula is C14H28B2N2O6. The number of hydrogen-bond acceptors (Lipinski definition) is 7. The van der Waals surface area contributed by atoms with Gasteiger partial charge in [-0.15, -0.1) is 0 Å². The minimum absolute atomic E-state index is 0.160. The molecule has 0 aromatic rings. The number of aliphatic carboxylic acids is 1. The minimum Gasteiger partial charge on any atom is -0.480 e. The first-order valence-electron chi connectivity index (χ1n) is 8.45. The second-order valence-electron chi connectivity index (χ2n) is 6.31. The van der Waals surface area contributed by atoms with Gasteiger partial charge in [0.05, 0.1) is 13.5 Å². The van der Waals surface area contributed by atoms with Crippen LogP contribution in [0.25, 0.3) is 0 Å². The zero-order chi connectivity index (χ0) is 18.3. The number of nitrogens with zero attached hydrogens (tertiary/aromatic N) is 2. The van der Waals surface area contributed by atoms with Crippen LogP contribution in [0.3, 0.4) is 0 Å². The first-order chi connectivity index (χ1) is 11.3. The molecule has 3 N–H and O–H groups in total. The average molecular weight is 342 g/mol. The Kier molecular flexibility index (Phi) is 8.75. The lowest BCUT2D eigenvalue weighted by atomic mass is 9.84. The van der Waals surface area contributed by atoms with Crippen LogP contribution in [0.2, 0.25) is 13.6 Å². The van der Waals surface area contributed by atoms with Crippen molar-refractivity contribution >= 4 is 26.0 Å². The second kappa shape index (κ2) is 10.0. The van der Waals surface area contributed by atoms with E-state index in [4.69, 9.17) is 10.1 Å². The summed E-state index contributed by atoms with van der Waals surface area (Å²) in [6.07, 6.45) is 3.93. The van der Waals surface area contributed by atoms with Crippen molar-refractivity contribution < 1.29 is 29.5 Å². The Morgan fingerprint density at radius 2 is 1.62 bits per heavy atom. The third-order valence-electron chi connectivity index (χ3n) is 4.59. The third-order valence-corrected chi connectivity index (χ3v) is 4.59. The van der Waals surface area contributed by atoms with Gasteiger partial charge in [-0.25, -0.2) is 0 Å². The van der Waals surface area contributed by atoms with E-state index in [2.05, 4.69) is 4.74 Å². The van der Waals surface area contributed by atoms with Crippen molar-refractivity contribution in [3.8, 4) is 0 Å². The molecule has 0 saturated carbocycles. The van der Waals surface area contributed by atoms with Crippen LogP contribution in [0.15, 0.2) is 0 Å². The van der Waals surface area contributed by atoms with Gasteiger partial charge in [0.15, 0.2) is 0 Å². The maximum Gasteiger partial charge on any atom is 0.377 e. The maximum atomic E-state index is 11.0. The summed E-state index contributed by atoms with van der Waals surface area (Å²) in [5.41, 5.74) is 0. The van der Waals surface area contributed by atoms with E-state index in [-0.39, 0.29) is 12.0 Å². The SMILES string of the molecule is CB(O)N1CCCC1C(=O)O.COC(=O)CC1CCCN1B(C)O. The Morgan fingerprint density at radius 1 is 1.08 bits per heavy atom. The van der Waals surface area contributed by atoms with Crippen molar-refractivity contribution in [3.05, 3.63) is 0 Å². The molecule has 2 heterocycles. The van der Waals surface area contributed by atoms with Gasteiger partial charge in [0.25, 0.3) is 0 Å². The monoisotopic (exact) mass is 342 g/mol. The zero-order valence-corrected chi connectivity index (χ0v) is 14.7. The van der Waals surface area contributed by atoms with Crippen molar-refractivity contribution in [1.82, 2.24) is 9.62 Å². The number of carbonyl (C=O) groups excluding carboxylic acids is 1. The smallest absolute Gasteiger partial charge is 0.377 e. The fraction of sp³-hybridized carbons (Fsp3) is 0.857. The predicted molar refractivity (Wildman–Crippen MR) is 91.4 cm³/mol. The molecule has 0 bridgehead atoms. The molecule has 24 heavy (non-hydrogen) atoms. The van der Waals surface area contributed by atoms with Gasteiger partial charge in [0.1, 0.15) is 6.04 Å². The molecule has 0 amide bonds. The molecule has 2 unspecified atom stereocenters. The van der Waals surface area contributed by atoms with Gasteiger partial charge in [-0.2, -0.15) is 0 Å². The number of rotatable bonds is 5. The summed E-state index contributed by atoms with van der Waals surface area (Å²) in [5, 5.41) is 27.2. The number of esters is 1. The Bertz CT molecular complexity index is 424. The largest absolute Gasteiger partial charge is 0.480 e. The molecule has 0 spiro atoms. The van der Waals surface area contributed by atoms with Gasteiger partial charge < -0.3 is 29.5 Å².